The molecule has 0 saturated heterocycles. The first-order valence-corrected chi connectivity index (χ1v) is 9.30. The topological polar surface area (TPSA) is 46.4 Å². The Balaban J connectivity index is 1.54. The van der Waals surface area contributed by atoms with Gasteiger partial charge < -0.3 is 10.2 Å². The molecule has 1 aromatic carbocycles. The van der Waals surface area contributed by atoms with Gasteiger partial charge in [0.15, 0.2) is 6.54 Å². The Morgan fingerprint density at radius 1 is 1.30 bits per heavy atom. The van der Waals surface area contributed by atoms with Gasteiger partial charge in [-0.3, -0.25) is 4.79 Å². The van der Waals surface area contributed by atoms with Gasteiger partial charge in [0.25, 0.3) is 5.91 Å². The molecule has 2 N–H and O–H groups in total. The molecule has 0 saturated carbocycles. The molecular formula is C17H20N3OS2+. The lowest BCUT2D eigenvalue weighted by Crippen LogP contribution is -3.08. The molecule has 0 aliphatic heterocycles. The zero-order valence-corrected chi connectivity index (χ0v) is 14.8. The molecule has 0 aliphatic carbocycles. The quantitative estimate of drug-likeness (QED) is 0.719. The highest BCUT2D eigenvalue weighted by molar-refractivity contribution is 7.18. The van der Waals surface area contributed by atoms with Gasteiger partial charge in [0.05, 0.1) is 23.3 Å². The van der Waals surface area contributed by atoms with E-state index in [9.17, 15) is 4.79 Å². The van der Waals surface area contributed by atoms with Crippen LogP contribution in [0.2, 0.25) is 0 Å². The molecular weight excluding hydrogens is 326 g/mol. The van der Waals surface area contributed by atoms with E-state index in [1.54, 1.807) is 22.7 Å². The highest BCUT2D eigenvalue weighted by Crippen LogP contribution is 2.20. The van der Waals surface area contributed by atoms with Crippen molar-refractivity contribution in [1.82, 2.24) is 10.3 Å². The first-order chi connectivity index (χ1) is 11.1. The number of carbonyl (C=O) groups is 1. The fourth-order valence-corrected chi connectivity index (χ4v) is 4.31. The summed E-state index contributed by atoms with van der Waals surface area (Å²) < 4.78 is 1.20. The van der Waals surface area contributed by atoms with Crippen LogP contribution in [0.1, 0.15) is 22.9 Å². The molecule has 0 radical (unpaired) electrons. The van der Waals surface area contributed by atoms with E-state index >= 15 is 0 Å². The SMILES string of the molecule is C[C@@H](NC(=O)C[NH+](C)Cc1nc2ccccc2s1)c1cccs1. The summed E-state index contributed by atoms with van der Waals surface area (Å²) in [5, 5.41) is 6.16. The zero-order chi connectivity index (χ0) is 16.2. The molecule has 6 heteroatoms. The van der Waals surface area contributed by atoms with E-state index in [0.29, 0.717) is 6.54 Å². The van der Waals surface area contributed by atoms with Gasteiger partial charge in [-0.25, -0.2) is 4.98 Å². The average molecular weight is 347 g/mol. The van der Waals surface area contributed by atoms with E-state index in [-0.39, 0.29) is 11.9 Å². The smallest absolute Gasteiger partial charge is 0.275 e. The van der Waals surface area contributed by atoms with Crippen LogP contribution >= 0.6 is 22.7 Å². The van der Waals surface area contributed by atoms with Gasteiger partial charge in [0, 0.05) is 4.88 Å². The summed E-state index contributed by atoms with van der Waals surface area (Å²) in [5.41, 5.74) is 1.04. The zero-order valence-electron chi connectivity index (χ0n) is 13.2. The Morgan fingerprint density at radius 2 is 2.13 bits per heavy atom. The normalized spacial score (nSPS) is 13.8. The molecule has 0 spiro atoms. The third kappa shape index (κ3) is 4.16. The van der Waals surface area contributed by atoms with Crippen molar-refractivity contribution < 1.29 is 9.69 Å². The molecule has 3 aromatic rings. The molecule has 0 fully saturated rings. The molecule has 0 bridgehead atoms. The molecule has 1 unspecified atom stereocenters. The van der Waals surface area contributed by atoms with Crippen molar-refractivity contribution in [3.8, 4) is 0 Å². The number of thiophene rings is 1. The van der Waals surface area contributed by atoms with Crippen molar-refractivity contribution in [2.75, 3.05) is 13.6 Å². The molecule has 4 nitrogen and oxygen atoms in total. The van der Waals surface area contributed by atoms with Gasteiger partial charge in [0.1, 0.15) is 11.6 Å². The highest BCUT2D eigenvalue weighted by Gasteiger charge is 2.16. The minimum atomic E-state index is 0.0674. The fourth-order valence-electron chi connectivity index (χ4n) is 2.49. The Hall–Kier alpha value is -1.76. The third-order valence-corrected chi connectivity index (χ3v) is 5.69. The first kappa shape index (κ1) is 16.1. The van der Waals surface area contributed by atoms with Crippen LogP contribution in [0.3, 0.4) is 0 Å². The summed E-state index contributed by atoms with van der Waals surface area (Å²) in [7, 11) is 2.03. The Kier molecular flexibility index (Phi) is 5.05. The van der Waals surface area contributed by atoms with Crippen molar-refractivity contribution in [2.45, 2.75) is 19.5 Å². The summed E-state index contributed by atoms with van der Waals surface area (Å²) in [5.74, 6) is 0.0736. The maximum absolute atomic E-state index is 12.2. The second-order valence-electron chi connectivity index (χ2n) is 5.69. The van der Waals surface area contributed by atoms with Crippen LogP contribution in [-0.2, 0) is 11.3 Å². The summed E-state index contributed by atoms with van der Waals surface area (Å²) in [6.45, 7) is 3.23. The molecule has 3 rings (SSSR count). The van der Waals surface area contributed by atoms with E-state index in [4.69, 9.17) is 0 Å². The van der Waals surface area contributed by atoms with Gasteiger partial charge in [0.2, 0.25) is 0 Å². The van der Waals surface area contributed by atoms with Crippen molar-refractivity contribution in [2.24, 2.45) is 0 Å². The largest absolute Gasteiger partial charge is 0.344 e. The molecule has 2 atom stereocenters. The molecule has 120 valence electrons. The summed E-state index contributed by atoms with van der Waals surface area (Å²) >= 11 is 3.37. The molecule has 1 amide bonds. The van der Waals surface area contributed by atoms with E-state index in [2.05, 4.69) is 16.4 Å². The number of nitrogens with zero attached hydrogens (tertiary/aromatic N) is 1. The third-order valence-electron chi connectivity index (χ3n) is 3.60. The summed E-state index contributed by atoms with van der Waals surface area (Å²) in [6, 6.07) is 12.3. The second-order valence-corrected chi connectivity index (χ2v) is 7.79. The number of likely N-dealkylation sites (N-methyl/N-ethyl adjacent to an activating group) is 1. The number of para-hydroxylation sites is 1. The number of amides is 1. The standard InChI is InChI=1S/C17H19N3OS2/c1-12(14-8-5-9-22-14)18-16(21)10-20(2)11-17-19-13-6-3-4-7-15(13)23-17/h3-9,12H,10-11H2,1-2H3,(H,18,21)/p+1/t12-/m1/s1. The van der Waals surface area contributed by atoms with Crippen LogP contribution in [0.25, 0.3) is 10.2 Å². The van der Waals surface area contributed by atoms with Crippen LogP contribution in [0.15, 0.2) is 41.8 Å². The van der Waals surface area contributed by atoms with Crippen LogP contribution < -0.4 is 10.2 Å². The van der Waals surface area contributed by atoms with Gasteiger partial charge in [-0.15, -0.1) is 22.7 Å². The van der Waals surface area contributed by atoms with Crippen molar-refractivity contribution in [1.29, 1.82) is 0 Å². The number of carbonyl (C=O) groups excluding carboxylic acids is 1. The minimum absolute atomic E-state index is 0.0674. The maximum Gasteiger partial charge on any atom is 0.275 e. The number of fused-ring (bicyclic) bond motifs is 1. The lowest BCUT2D eigenvalue weighted by atomic mass is 10.3. The Bertz CT molecular complexity index is 749. The molecule has 0 aliphatic rings. The number of rotatable bonds is 6. The van der Waals surface area contributed by atoms with E-state index in [1.807, 2.05) is 49.7 Å². The van der Waals surface area contributed by atoms with E-state index in [1.165, 1.54) is 9.58 Å². The van der Waals surface area contributed by atoms with Gasteiger partial charge in [-0.1, -0.05) is 18.2 Å². The number of hydrogen-bond acceptors (Lipinski definition) is 4. The number of aromatic nitrogens is 1. The number of benzene rings is 1. The lowest BCUT2D eigenvalue weighted by molar-refractivity contribution is -0.885. The summed E-state index contributed by atoms with van der Waals surface area (Å²) in [4.78, 5) is 19.1. The predicted octanol–water partition coefficient (Wildman–Crippen LogP) is 2.25. The number of hydrogen-bond donors (Lipinski definition) is 2. The minimum Gasteiger partial charge on any atom is -0.344 e. The van der Waals surface area contributed by atoms with Crippen molar-refractivity contribution >= 4 is 38.8 Å². The van der Waals surface area contributed by atoms with E-state index in [0.717, 1.165) is 22.0 Å². The van der Waals surface area contributed by atoms with Gasteiger partial charge in [-0.2, -0.15) is 0 Å². The van der Waals surface area contributed by atoms with Crippen LogP contribution in [-0.4, -0.2) is 24.5 Å². The van der Waals surface area contributed by atoms with Crippen LogP contribution in [0.5, 0.6) is 0 Å². The fraction of sp³-hybridized carbons (Fsp3) is 0.294. The lowest BCUT2D eigenvalue weighted by Gasteiger charge is -2.15. The van der Waals surface area contributed by atoms with Gasteiger partial charge in [-0.05, 0) is 30.5 Å². The maximum atomic E-state index is 12.2. The van der Waals surface area contributed by atoms with Crippen molar-refractivity contribution in [3.05, 3.63) is 51.7 Å². The Labute approximate surface area is 143 Å². The van der Waals surface area contributed by atoms with Crippen LogP contribution in [0.4, 0.5) is 0 Å². The molecule has 2 heterocycles. The van der Waals surface area contributed by atoms with E-state index < -0.39 is 0 Å². The van der Waals surface area contributed by atoms with Crippen molar-refractivity contribution in [3.63, 3.8) is 0 Å². The number of quaternary nitrogens is 1. The second kappa shape index (κ2) is 7.21. The first-order valence-electron chi connectivity index (χ1n) is 7.60. The van der Waals surface area contributed by atoms with Crippen LogP contribution in [0, 0.1) is 0 Å². The van der Waals surface area contributed by atoms with Gasteiger partial charge >= 0.3 is 0 Å². The molecule has 2 aromatic heterocycles. The number of nitrogens with one attached hydrogen (secondary N) is 2. The highest BCUT2D eigenvalue weighted by atomic mass is 32.1. The number of thiazole rings is 1. The molecule has 23 heavy (non-hydrogen) atoms. The predicted molar refractivity (Wildman–Crippen MR) is 96.0 cm³/mol. The average Bonchev–Trinajstić information content (AvgIpc) is 3.15. The Morgan fingerprint density at radius 3 is 2.87 bits per heavy atom. The monoisotopic (exact) mass is 346 g/mol. The summed E-state index contributed by atoms with van der Waals surface area (Å²) in [6.07, 6.45) is 0.